The van der Waals surface area contributed by atoms with Crippen molar-refractivity contribution < 1.29 is 23.8 Å². The summed E-state index contributed by atoms with van der Waals surface area (Å²) in [5.41, 5.74) is 1.10. The first kappa shape index (κ1) is 22.9. The molecule has 4 rings (SSSR count). The van der Waals surface area contributed by atoms with Crippen LogP contribution in [0.5, 0.6) is 5.75 Å². The number of fused-ring (bicyclic) bond motifs is 1. The minimum Gasteiger partial charge on any atom is -0.488 e. The lowest BCUT2D eigenvalue weighted by molar-refractivity contribution is -0.130. The number of nitrogens with one attached hydrogen (secondary N) is 1. The molecular formula is C23H25FN4O4S. The summed E-state index contributed by atoms with van der Waals surface area (Å²) in [5.74, 6) is -0.602. The SMILES string of the molecule is CC(=O)N(C)[C@H]1CC[C@@H](Oc2cc(F)ccc2Nc2ncnc3sc(C(=O)O)c(C)c23)CC1. The minimum atomic E-state index is -1.02. The Morgan fingerprint density at radius 1 is 1.24 bits per heavy atom. The van der Waals surface area contributed by atoms with Gasteiger partial charge >= 0.3 is 5.97 Å². The molecule has 2 aromatic heterocycles. The van der Waals surface area contributed by atoms with Gasteiger partial charge in [0.2, 0.25) is 5.91 Å². The summed E-state index contributed by atoms with van der Waals surface area (Å²) in [5, 5.41) is 13.2. The summed E-state index contributed by atoms with van der Waals surface area (Å²) in [6, 6.07) is 4.42. The number of thiophene rings is 1. The molecule has 1 aromatic carbocycles. The van der Waals surface area contributed by atoms with Crippen molar-refractivity contribution in [3.8, 4) is 5.75 Å². The second-order valence-electron chi connectivity index (χ2n) is 8.21. The third-order valence-corrected chi connectivity index (χ3v) is 7.29. The van der Waals surface area contributed by atoms with Crippen LogP contribution >= 0.6 is 11.3 Å². The van der Waals surface area contributed by atoms with Crippen molar-refractivity contribution in [2.75, 3.05) is 12.4 Å². The largest absolute Gasteiger partial charge is 0.488 e. The summed E-state index contributed by atoms with van der Waals surface area (Å²) in [7, 11) is 1.81. The Labute approximate surface area is 194 Å². The van der Waals surface area contributed by atoms with Gasteiger partial charge in [0.25, 0.3) is 0 Å². The molecule has 10 heteroatoms. The van der Waals surface area contributed by atoms with Crippen molar-refractivity contribution in [2.45, 2.75) is 51.7 Å². The highest BCUT2D eigenvalue weighted by Crippen LogP contribution is 2.37. The zero-order valence-corrected chi connectivity index (χ0v) is 19.4. The van der Waals surface area contributed by atoms with Gasteiger partial charge in [-0.2, -0.15) is 0 Å². The van der Waals surface area contributed by atoms with Crippen LogP contribution in [0.4, 0.5) is 15.9 Å². The summed E-state index contributed by atoms with van der Waals surface area (Å²) in [4.78, 5) is 34.2. The maximum Gasteiger partial charge on any atom is 0.346 e. The van der Waals surface area contributed by atoms with Crippen molar-refractivity contribution in [1.82, 2.24) is 14.9 Å². The van der Waals surface area contributed by atoms with Crippen LogP contribution in [0.15, 0.2) is 24.5 Å². The van der Waals surface area contributed by atoms with Gasteiger partial charge in [0.05, 0.1) is 17.2 Å². The fourth-order valence-electron chi connectivity index (χ4n) is 4.18. The number of hydrogen-bond donors (Lipinski definition) is 2. The number of amides is 1. The molecule has 1 aliphatic rings. The van der Waals surface area contributed by atoms with Crippen LogP contribution in [0.1, 0.15) is 47.8 Å². The number of aromatic nitrogens is 2. The van der Waals surface area contributed by atoms with E-state index in [1.54, 1.807) is 24.8 Å². The van der Waals surface area contributed by atoms with Gasteiger partial charge in [-0.25, -0.2) is 19.2 Å². The van der Waals surface area contributed by atoms with E-state index in [1.165, 1.54) is 18.5 Å². The van der Waals surface area contributed by atoms with Crippen molar-refractivity contribution >= 4 is 44.9 Å². The quantitative estimate of drug-likeness (QED) is 0.533. The summed E-state index contributed by atoms with van der Waals surface area (Å²) in [6.07, 6.45) is 4.40. The summed E-state index contributed by atoms with van der Waals surface area (Å²) in [6.45, 7) is 3.28. The molecule has 0 atom stereocenters. The first-order chi connectivity index (χ1) is 15.7. The number of hydrogen-bond acceptors (Lipinski definition) is 7. The van der Waals surface area contributed by atoms with E-state index in [4.69, 9.17) is 4.74 Å². The molecule has 2 N–H and O–H groups in total. The van der Waals surface area contributed by atoms with E-state index in [2.05, 4.69) is 15.3 Å². The number of halogens is 1. The second kappa shape index (κ2) is 9.30. The van der Waals surface area contributed by atoms with Gasteiger partial charge in [-0.15, -0.1) is 11.3 Å². The molecular weight excluding hydrogens is 447 g/mol. The van der Waals surface area contributed by atoms with Crippen LogP contribution in [-0.2, 0) is 4.79 Å². The Kier molecular flexibility index (Phi) is 6.46. The predicted molar refractivity (Wildman–Crippen MR) is 124 cm³/mol. The van der Waals surface area contributed by atoms with Crippen molar-refractivity contribution in [1.29, 1.82) is 0 Å². The molecule has 174 valence electrons. The van der Waals surface area contributed by atoms with Crippen molar-refractivity contribution in [3.63, 3.8) is 0 Å². The number of aryl methyl sites for hydroxylation is 1. The molecule has 0 unspecified atom stereocenters. The minimum absolute atomic E-state index is 0.0435. The number of anilines is 2. The highest BCUT2D eigenvalue weighted by Gasteiger charge is 2.27. The third-order valence-electron chi connectivity index (χ3n) is 6.10. The summed E-state index contributed by atoms with van der Waals surface area (Å²) < 4.78 is 20.2. The Morgan fingerprint density at radius 2 is 1.97 bits per heavy atom. The smallest absolute Gasteiger partial charge is 0.346 e. The van der Waals surface area contributed by atoms with E-state index in [-0.39, 0.29) is 22.9 Å². The average molecular weight is 473 g/mol. The average Bonchev–Trinajstić information content (AvgIpc) is 3.13. The lowest BCUT2D eigenvalue weighted by atomic mass is 9.92. The van der Waals surface area contributed by atoms with Crippen LogP contribution < -0.4 is 10.1 Å². The Morgan fingerprint density at radius 3 is 2.64 bits per heavy atom. The molecule has 2 heterocycles. The molecule has 0 radical (unpaired) electrons. The standard InChI is InChI=1S/C23H25FN4O4S/c1-12-19-21(25-11-26-22(19)33-20(12)23(30)31)27-17-9-4-14(24)10-18(17)32-16-7-5-15(6-8-16)28(3)13(2)29/h4,9-11,15-16H,5-8H2,1-3H3,(H,30,31)(H,25,26,27)/t15-,16+. The van der Waals surface area contributed by atoms with Gasteiger partial charge in [0.15, 0.2) is 0 Å². The number of nitrogens with zero attached hydrogens (tertiary/aromatic N) is 3. The number of ether oxygens (including phenoxy) is 1. The first-order valence-electron chi connectivity index (χ1n) is 10.7. The number of benzene rings is 1. The van der Waals surface area contributed by atoms with Gasteiger partial charge in [-0.1, -0.05) is 0 Å². The van der Waals surface area contributed by atoms with Crippen molar-refractivity contribution in [2.24, 2.45) is 0 Å². The highest BCUT2D eigenvalue weighted by atomic mass is 32.1. The third kappa shape index (κ3) is 4.75. The maximum atomic E-state index is 14.1. The van der Waals surface area contributed by atoms with Gasteiger partial charge < -0.3 is 20.1 Å². The zero-order chi connectivity index (χ0) is 23.7. The molecule has 0 saturated heterocycles. The topological polar surface area (TPSA) is 105 Å². The van der Waals surface area contributed by atoms with E-state index in [9.17, 15) is 19.1 Å². The highest BCUT2D eigenvalue weighted by molar-refractivity contribution is 7.20. The summed E-state index contributed by atoms with van der Waals surface area (Å²) >= 11 is 1.09. The van der Waals surface area contributed by atoms with Gasteiger partial charge in [0.1, 0.15) is 33.4 Å². The van der Waals surface area contributed by atoms with E-state index in [1.807, 2.05) is 7.05 Å². The molecule has 33 heavy (non-hydrogen) atoms. The van der Waals surface area contributed by atoms with Gasteiger partial charge in [0, 0.05) is 26.1 Å². The monoisotopic (exact) mass is 472 g/mol. The normalized spacial score (nSPS) is 18.2. The van der Waals surface area contributed by atoms with Crippen LogP contribution in [0.25, 0.3) is 10.2 Å². The zero-order valence-electron chi connectivity index (χ0n) is 18.6. The van der Waals surface area contributed by atoms with Gasteiger partial charge in [-0.3, -0.25) is 4.79 Å². The molecule has 0 aliphatic heterocycles. The first-order valence-corrected chi connectivity index (χ1v) is 11.5. The maximum absolute atomic E-state index is 14.1. The Hall–Kier alpha value is -3.27. The molecule has 1 fully saturated rings. The Balaban J connectivity index is 1.57. The molecule has 3 aromatic rings. The fraction of sp³-hybridized carbons (Fsp3) is 0.391. The number of carboxylic acids is 1. The van der Waals surface area contributed by atoms with Crippen LogP contribution in [-0.4, -0.2) is 51.0 Å². The fourth-order valence-corrected chi connectivity index (χ4v) is 5.17. The molecule has 1 aliphatic carbocycles. The molecule has 0 spiro atoms. The second-order valence-corrected chi connectivity index (χ2v) is 9.21. The Bertz CT molecular complexity index is 1210. The molecule has 0 bridgehead atoms. The van der Waals surface area contributed by atoms with Crippen LogP contribution in [0.2, 0.25) is 0 Å². The number of carboxylic acid groups (broad SMARTS) is 1. The predicted octanol–water partition coefficient (Wildman–Crippen LogP) is 4.75. The number of carbonyl (C=O) groups excluding carboxylic acids is 1. The van der Waals surface area contributed by atoms with Crippen molar-refractivity contribution in [3.05, 3.63) is 40.8 Å². The molecule has 1 amide bonds. The molecule has 1 saturated carbocycles. The number of rotatable bonds is 6. The van der Waals surface area contributed by atoms with Gasteiger partial charge in [-0.05, 0) is 50.3 Å². The van der Waals surface area contributed by atoms with E-state index < -0.39 is 11.8 Å². The number of carbonyl (C=O) groups is 2. The van der Waals surface area contributed by atoms with E-state index in [0.29, 0.717) is 33.0 Å². The van der Waals surface area contributed by atoms with E-state index in [0.717, 1.165) is 37.0 Å². The van der Waals surface area contributed by atoms with Crippen LogP contribution in [0.3, 0.4) is 0 Å². The molecule has 8 nitrogen and oxygen atoms in total. The number of aromatic carboxylic acids is 1. The lowest BCUT2D eigenvalue weighted by Gasteiger charge is -2.34. The van der Waals surface area contributed by atoms with E-state index >= 15 is 0 Å². The van der Waals surface area contributed by atoms with Crippen LogP contribution in [0, 0.1) is 12.7 Å². The lowest BCUT2D eigenvalue weighted by Crippen LogP contribution is -2.40.